The zero-order valence-corrected chi connectivity index (χ0v) is 16.7. The first-order valence-electron chi connectivity index (χ1n) is 9.74. The molecule has 0 saturated carbocycles. The largest absolute Gasteiger partial charge is 0.462 e. The van der Waals surface area contributed by atoms with Crippen LogP contribution in [0.25, 0.3) is 22.0 Å². The minimum absolute atomic E-state index is 0.0692. The summed E-state index contributed by atoms with van der Waals surface area (Å²) >= 11 is 0. The number of pyridine rings is 1. The summed E-state index contributed by atoms with van der Waals surface area (Å²) in [6.07, 6.45) is -1.16. The molecule has 2 aromatic heterocycles. The van der Waals surface area contributed by atoms with Crippen LogP contribution >= 0.6 is 0 Å². The molecule has 0 radical (unpaired) electrons. The lowest BCUT2D eigenvalue weighted by atomic mass is 10.1. The van der Waals surface area contributed by atoms with E-state index in [9.17, 15) is 18.0 Å². The predicted octanol–water partition coefficient (Wildman–Crippen LogP) is 5.95. The number of aromatic nitrogens is 2. The minimum atomic E-state index is -4.56. The second kappa shape index (κ2) is 8.26. The molecular weight excluding hydrogens is 405 g/mol. The summed E-state index contributed by atoms with van der Waals surface area (Å²) in [5, 5.41) is 0.318. The van der Waals surface area contributed by atoms with Crippen molar-refractivity contribution in [3.8, 4) is 11.1 Å². The highest BCUT2D eigenvalue weighted by atomic mass is 19.4. The molecule has 0 aliphatic carbocycles. The number of esters is 1. The molecular formula is C24H19F3N2O2. The molecule has 2 aromatic carbocycles. The normalized spacial score (nSPS) is 11.6. The lowest BCUT2D eigenvalue weighted by Gasteiger charge is -2.13. The average Bonchev–Trinajstić information content (AvgIpc) is 3.16. The molecule has 4 nitrogen and oxygen atoms in total. The van der Waals surface area contributed by atoms with Crippen molar-refractivity contribution >= 4 is 16.9 Å². The number of ether oxygens (including phenoxy) is 1. The fourth-order valence-corrected chi connectivity index (χ4v) is 3.50. The van der Waals surface area contributed by atoms with Gasteiger partial charge in [0, 0.05) is 23.3 Å². The Morgan fingerprint density at radius 1 is 1.03 bits per heavy atom. The number of rotatable bonds is 5. The summed E-state index contributed by atoms with van der Waals surface area (Å²) in [6.45, 7) is 1.98. The number of carbonyl (C=O) groups is 1. The third kappa shape index (κ3) is 4.30. The fourth-order valence-electron chi connectivity index (χ4n) is 3.50. The average molecular weight is 424 g/mol. The molecule has 158 valence electrons. The van der Waals surface area contributed by atoms with E-state index in [4.69, 9.17) is 4.74 Å². The summed E-state index contributed by atoms with van der Waals surface area (Å²) in [4.78, 5) is 16.9. The first-order chi connectivity index (χ1) is 14.9. The van der Waals surface area contributed by atoms with Crippen LogP contribution in [0.5, 0.6) is 0 Å². The van der Waals surface area contributed by atoms with E-state index in [1.54, 1.807) is 30.0 Å². The van der Waals surface area contributed by atoms with E-state index in [1.807, 2.05) is 42.5 Å². The fraction of sp³-hybridized carbons (Fsp3) is 0.167. The van der Waals surface area contributed by atoms with Gasteiger partial charge in [-0.05, 0) is 36.8 Å². The van der Waals surface area contributed by atoms with E-state index in [-0.39, 0.29) is 12.2 Å². The van der Waals surface area contributed by atoms with Gasteiger partial charge in [-0.3, -0.25) is 4.98 Å². The molecule has 0 atom stereocenters. The first-order valence-corrected chi connectivity index (χ1v) is 9.74. The Labute approximate surface area is 176 Å². The number of alkyl halides is 3. The van der Waals surface area contributed by atoms with Crippen molar-refractivity contribution in [3.63, 3.8) is 0 Å². The second-order valence-electron chi connectivity index (χ2n) is 7.03. The van der Waals surface area contributed by atoms with Crippen LogP contribution in [0.1, 0.15) is 28.5 Å². The first kappa shape index (κ1) is 20.7. The monoisotopic (exact) mass is 424 g/mol. The highest BCUT2D eigenvalue weighted by molar-refractivity contribution is 6.03. The third-order valence-corrected chi connectivity index (χ3v) is 4.95. The van der Waals surface area contributed by atoms with Gasteiger partial charge in [-0.1, -0.05) is 36.4 Å². The number of benzene rings is 2. The SMILES string of the molecule is CCOC(=O)c1cc(C(F)(F)F)cc2ccn(Cc3ccc(-c4ccccc4)cn3)c12. The van der Waals surface area contributed by atoms with Gasteiger partial charge in [0.2, 0.25) is 0 Å². The highest BCUT2D eigenvalue weighted by Crippen LogP contribution is 2.34. The molecule has 7 heteroatoms. The van der Waals surface area contributed by atoms with Gasteiger partial charge >= 0.3 is 12.1 Å². The number of halogens is 3. The summed E-state index contributed by atoms with van der Waals surface area (Å²) in [5.41, 5.74) is 2.11. The summed E-state index contributed by atoms with van der Waals surface area (Å²) in [6, 6.07) is 17.1. The second-order valence-corrected chi connectivity index (χ2v) is 7.03. The van der Waals surface area contributed by atoms with Gasteiger partial charge in [0.15, 0.2) is 0 Å². The Bertz CT molecular complexity index is 1210. The molecule has 2 heterocycles. The number of nitrogens with zero attached hydrogens (tertiary/aromatic N) is 2. The van der Waals surface area contributed by atoms with Crippen molar-refractivity contribution in [2.45, 2.75) is 19.6 Å². The molecule has 0 saturated heterocycles. The Morgan fingerprint density at radius 3 is 2.45 bits per heavy atom. The van der Waals surface area contributed by atoms with Gasteiger partial charge in [0.25, 0.3) is 0 Å². The van der Waals surface area contributed by atoms with E-state index in [1.165, 1.54) is 0 Å². The zero-order chi connectivity index (χ0) is 22.0. The van der Waals surface area contributed by atoms with Crippen LogP contribution < -0.4 is 0 Å². The van der Waals surface area contributed by atoms with Crippen LogP contribution in [0.15, 0.2) is 73.1 Å². The van der Waals surface area contributed by atoms with Gasteiger partial charge in [-0.25, -0.2) is 4.79 Å². The smallest absolute Gasteiger partial charge is 0.416 e. The van der Waals surface area contributed by atoms with Gasteiger partial charge < -0.3 is 9.30 Å². The maximum absolute atomic E-state index is 13.3. The van der Waals surface area contributed by atoms with Gasteiger partial charge in [-0.2, -0.15) is 13.2 Å². The predicted molar refractivity (Wildman–Crippen MR) is 112 cm³/mol. The Hall–Kier alpha value is -3.61. The molecule has 31 heavy (non-hydrogen) atoms. The molecule has 0 fully saturated rings. The highest BCUT2D eigenvalue weighted by Gasteiger charge is 2.33. The van der Waals surface area contributed by atoms with Crippen LogP contribution in [-0.2, 0) is 17.5 Å². The molecule has 4 aromatic rings. The molecule has 0 amide bonds. The zero-order valence-electron chi connectivity index (χ0n) is 16.7. The van der Waals surface area contributed by atoms with Crippen molar-refractivity contribution in [1.82, 2.24) is 9.55 Å². The Balaban J connectivity index is 1.72. The quantitative estimate of drug-likeness (QED) is 0.372. The Morgan fingerprint density at radius 2 is 1.81 bits per heavy atom. The maximum Gasteiger partial charge on any atom is 0.416 e. The lowest BCUT2D eigenvalue weighted by molar-refractivity contribution is -0.137. The number of carbonyl (C=O) groups excluding carboxylic acids is 1. The van der Waals surface area contributed by atoms with E-state index in [0.29, 0.717) is 23.1 Å². The van der Waals surface area contributed by atoms with Crippen LogP contribution in [0.2, 0.25) is 0 Å². The molecule has 0 spiro atoms. The third-order valence-electron chi connectivity index (χ3n) is 4.95. The molecule has 0 unspecified atom stereocenters. The molecule has 4 rings (SSSR count). The maximum atomic E-state index is 13.3. The number of hydrogen-bond acceptors (Lipinski definition) is 3. The Kier molecular flexibility index (Phi) is 5.50. The number of hydrogen-bond donors (Lipinski definition) is 0. The lowest BCUT2D eigenvalue weighted by Crippen LogP contribution is -2.12. The van der Waals surface area contributed by atoms with Gasteiger partial charge in [0.05, 0.1) is 35.5 Å². The van der Waals surface area contributed by atoms with Crippen molar-refractivity contribution < 1.29 is 22.7 Å². The molecule has 0 aliphatic rings. The molecule has 0 aliphatic heterocycles. The van der Waals surface area contributed by atoms with Crippen LogP contribution in [0.3, 0.4) is 0 Å². The van der Waals surface area contributed by atoms with E-state index in [2.05, 4.69) is 4.98 Å². The van der Waals surface area contributed by atoms with Crippen LogP contribution in [-0.4, -0.2) is 22.1 Å². The van der Waals surface area contributed by atoms with Crippen molar-refractivity contribution in [3.05, 3.63) is 89.9 Å². The summed E-state index contributed by atoms with van der Waals surface area (Å²) < 4.78 is 46.6. The van der Waals surface area contributed by atoms with Gasteiger partial charge in [-0.15, -0.1) is 0 Å². The van der Waals surface area contributed by atoms with E-state index >= 15 is 0 Å². The standard InChI is InChI=1S/C24H19F3N2O2/c1-2-31-23(30)21-13-19(24(25,26)27)12-17-10-11-29(22(17)21)15-20-9-8-18(14-28-20)16-6-4-3-5-7-16/h3-14H,2,15H2,1H3. The van der Waals surface area contributed by atoms with Crippen molar-refractivity contribution in [1.29, 1.82) is 0 Å². The topological polar surface area (TPSA) is 44.1 Å². The van der Waals surface area contributed by atoms with Crippen LogP contribution in [0, 0.1) is 0 Å². The van der Waals surface area contributed by atoms with E-state index < -0.39 is 17.7 Å². The molecule has 0 bridgehead atoms. The van der Waals surface area contributed by atoms with E-state index in [0.717, 1.165) is 23.3 Å². The number of fused-ring (bicyclic) bond motifs is 1. The van der Waals surface area contributed by atoms with Crippen molar-refractivity contribution in [2.75, 3.05) is 6.61 Å². The van der Waals surface area contributed by atoms with Gasteiger partial charge in [0.1, 0.15) is 0 Å². The molecule has 0 N–H and O–H groups in total. The van der Waals surface area contributed by atoms with Crippen molar-refractivity contribution in [2.24, 2.45) is 0 Å². The minimum Gasteiger partial charge on any atom is -0.462 e. The van der Waals surface area contributed by atoms with Crippen LogP contribution in [0.4, 0.5) is 13.2 Å². The summed E-state index contributed by atoms with van der Waals surface area (Å²) in [7, 11) is 0. The summed E-state index contributed by atoms with van der Waals surface area (Å²) in [5.74, 6) is -0.786.